The first-order valence-corrected chi connectivity index (χ1v) is 7.76. The van der Waals surface area contributed by atoms with E-state index in [0.717, 1.165) is 11.4 Å². The number of aromatic nitrogens is 1. The molecule has 0 fully saturated rings. The lowest BCUT2D eigenvalue weighted by atomic mass is 10.2. The Bertz CT molecular complexity index is 679. The number of nitrogens with zero attached hydrogens (tertiary/aromatic N) is 1. The summed E-state index contributed by atoms with van der Waals surface area (Å²) in [6.45, 7) is 5.91. The number of nitrogens with one attached hydrogen (secondary N) is 1. The van der Waals surface area contributed by atoms with Gasteiger partial charge in [-0.1, -0.05) is 6.07 Å². The molecule has 3 N–H and O–H groups in total. The molecule has 0 aliphatic rings. The number of rotatable bonds is 5. The lowest BCUT2D eigenvalue weighted by molar-refractivity contribution is 0.0635. The number of hydrogen-bond acceptors (Lipinski definition) is 5. The first-order chi connectivity index (χ1) is 11.3. The van der Waals surface area contributed by atoms with Gasteiger partial charge >= 0.3 is 6.09 Å². The molecule has 0 atom stereocenters. The number of carbonyl (C=O) groups excluding carboxylic acids is 1. The van der Waals surface area contributed by atoms with Crippen LogP contribution in [0.25, 0.3) is 0 Å². The van der Waals surface area contributed by atoms with Gasteiger partial charge in [-0.05, 0) is 57.2 Å². The van der Waals surface area contributed by atoms with E-state index in [1.807, 2.05) is 45.0 Å². The second-order valence-electron chi connectivity index (χ2n) is 6.31. The molecule has 0 saturated heterocycles. The Kier molecular flexibility index (Phi) is 5.63. The van der Waals surface area contributed by atoms with Gasteiger partial charge in [0.2, 0.25) is 0 Å². The summed E-state index contributed by atoms with van der Waals surface area (Å²) >= 11 is 0. The summed E-state index contributed by atoms with van der Waals surface area (Å²) in [6.07, 6.45) is 0.0964. The second-order valence-corrected chi connectivity index (χ2v) is 6.31. The number of anilines is 2. The molecule has 0 saturated carbocycles. The van der Waals surface area contributed by atoms with Gasteiger partial charge < -0.3 is 15.2 Å². The molecule has 2 aromatic rings. The number of ether oxygens (including phenoxy) is 2. The summed E-state index contributed by atoms with van der Waals surface area (Å²) < 4.78 is 10.8. The van der Waals surface area contributed by atoms with Crippen LogP contribution in [0.1, 0.15) is 26.5 Å². The maximum absolute atomic E-state index is 11.8. The Morgan fingerprint density at radius 3 is 2.54 bits per heavy atom. The first kappa shape index (κ1) is 17.6. The molecule has 6 heteroatoms. The summed E-state index contributed by atoms with van der Waals surface area (Å²) in [5.74, 6) is 1.21. The zero-order chi connectivity index (χ0) is 17.6. The van der Waals surface area contributed by atoms with Crippen molar-refractivity contribution in [3.63, 3.8) is 0 Å². The van der Waals surface area contributed by atoms with Crippen molar-refractivity contribution < 1.29 is 14.3 Å². The molecule has 0 radical (unpaired) electrons. The zero-order valence-corrected chi connectivity index (χ0v) is 14.2. The highest BCUT2D eigenvalue weighted by molar-refractivity contribution is 5.83. The zero-order valence-electron chi connectivity index (χ0n) is 14.2. The molecule has 1 aromatic heterocycles. The summed E-state index contributed by atoms with van der Waals surface area (Å²) in [4.78, 5) is 16.1. The minimum absolute atomic E-state index is 0.453. The van der Waals surface area contributed by atoms with E-state index in [0.29, 0.717) is 24.5 Å². The van der Waals surface area contributed by atoms with Crippen LogP contribution in [-0.2, 0) is 11.2 Å². The van der Waals surface area contributed by atoms with Crippen LogP contribution in [0, 0.1) is 0 Å². The van der Waals surface area contributed by atoms with E-state index in [4.69, 9.17) is 15.2 Å². The van der Waals surface area contributed by atoms with Gasteiger partial charge in [-0.15, -0.1) is 0 Å². The molecule has 128 valence electrons. The predicted molar refractivity (Wildman–Crippen MR) is 94.1 cm³/mol. The van der Waals surface area contributed by atoms with E-state index in [9.17, 15) is 4.79 Å². The monoisotopic (exact) mass is 329 g/mol. The van der Waals surface area contributed by atoms with E-state index >= 15 is 0 Å². The average Bonchev–Trinajstić information content (AvgIpc) is 2.48. The third-order valence-corrected chi connectivity index (χ3v) is 2.94. The van der Waals surface area contributed by atoms with Crippen molar-refractivity contribution in [3.05, 3.63) is 48.2 Å². The van der Waals surface area contributed by atoms with Gasteiger partial charge in [0.25, 0.3) is 0 Å². The van der Waals surface area contributed by atoms with Gasteiger partial charge in [0.15, 0.2) is 0 Å². The summed E-state index contributed by atoms with van der Waals surface area (Å²) in [5, 5.41) is 2.63. The Morgan fingerprint density at radius 1 is 1.17 bits per heavy atom. The highest BCUT2D eigenvalue weighted by atomic mass is 16.6. The number of benzene rings is 1. The fourth-order valence-corrected chi connectivity index (χ4v) is 1.93. The molecule has 0 unspecified atom stereocenters. The van der Waals surface area contributed by atoms with E-state index < -0.39 is 11.7 Å². The van der Waals surface area contributed by atoms with Gasteiger partial charge in [0.05, 0.1) is 6.61 Å². The highest BCUT2D eigenvalue weighted by Crippen LogP contribution is 2.14. The normalized spacial score (nSPS) is 11.0. The third kappa shape index (κ3) is 6.16. The van der Waals surface area contributed by atoms with Gasteiger partial charge in [-0.2, -0.15) is 0 Å². The first-order valence-electron chi connectivity index (χ1n) is 7.76. The molecule has 6 nitrogen and oxygen atoms in total. The van der Waals surface area contributed by atoms with Crippen molar-refractivity contribution in [3.8, 4) is 5.75 Å². The average molecular weight is 329 g/mol. The molecule has 24 heavy (non-hydrogen) atoms. The molecule has 1 heterocycles. The maximum Gasteiger partial charge on any atom is 0.413 e. The van der Waals surface area contributed by atoms with E-state index in [2.05, 4.69) is 10.3 Å². The number of amides is 1. The fourth-order valence-electron chi connectivity index (χ4n) is 1.93. The Hall–Kier alpha value is -2.76. The number of pyridine rings is 1. The predicted octanol–water partition coefficient (Wildman–Crippen LogP) is 3.63. The van der Waals surface area contributed by atoms with Crippen LogP contribution in [0.4, 0.5) is 16.3 Å². The van der Waals surface area contributed by atoms with Gasteiger partial charge in [0.1, 0.15) is 17.2 Å². The van der Waals surface area contributed by atoms with Gasteiger partial charge in [-0.25, -0.2) is 9.78 Å². The molecular formula is C18H23N3O3. The van der Waals surface area contributed by atoms with E-state index in [-0.39, 0.29) is 0 Å². The van der Waals surface area contributed by atoms with Crippen molar-refractivity contribution in [2.75, 3.05) is 17.7 Å². The number of carbonyl (C=O) groups is 1. The Morgan fingerprint density at radius 2 is 1.88 bits per heavy atom. The SMILES string of the molecule is CC(C)(C)OC(=O)Nc1cccc(CCOc2ccc(N)cc2)n1. The second kappa shape index (κ2) is 7.68. The molecule has 1 aromatic carbocycles. The van der Waals surface area contributed by atoms with Crippen LogP contribution < -0.4 is 15.8 Å². The lowest BCUT2D eigenvalue weighted by Crippen LogP contribution is -2.27. The standard InChI is InChI=1S/C18H23N3O3/c1-18(2,3)24-17(22)21-16-6-4-5-14(20-16)11-12-23-15-9-7-13(19)8-10-15/h4-10H,11-12,19H2,1-3H3,(H,20,21,22). The van der Waals surface area contributed by atoms with Crippen LogP contribution in [0.2, 0.25) is 0 Å². The molecule has 2 rings (SSSR count). The van der Waals surface area contributed by atoms with E-state index in [1.54, 1.807) is 18.2 Å². The topological polar surface area (TPSA) is 86.5 Å². The Labute approximate surface area is 142 Å². The number of nitrogen functional groups attached to an aromatic ring is 1. The maximum atomic E-state index is 11.8. The van der Waals surface area contributed by atoms with Crippen molar-refractivity contribution in [1.82, 2.24) is 4.98 Å². The van der Waals surface area contributed by atoms with Crippen LogP contribution in [0.5, 0.6) is 5.75 Å². The lowest BCUT2D eigenvalue weighted by Gasteiger charge is -2.19. The van der Waals surface area contributed by atoms with Crippen LogP contribution in [-0.4, -0.2) is 23.3 Å². The van der Waals surface area contributed by atoms with Crippen molar-refractivity contribution in [2.45, 2.75) is 32.8 Å². The van der Waals surface area contributed by atoms with E-state index in [1.165, 1.54) is 0 Å². The highest BCUT2D eigenvalue weighted by Gasteiger charge is 2.16. The van der Waals surface area contributed by atoms with Crippen LogP contribution in [0.3, 0.4) is 0 Å². The largest absolute Gasteiger partial charge is 0.493 e. The quantitative estimate of drug-likeness (QED) is 0.818. The van der Waals surface area contributed by atoms with Crippen LogP contribution in [0.15, 0.2) is 42.5 Å². The number of hydrogen-bond donors (Lipinski definition) is 2. The summed E-state index contributed by atoms with van der Waals surface area (Å²) in [6, 6.07) is 12.7. The summed E-state index contributed by atoms with van der Waals surface area (Å²) in [7, 11) is 0. The van der Waals surface area contributed by atoms with Gasteiger partial charge in [-0.3, -0.25) is 5.32 Å². The van der Waals surface area contributed by atoms with Crippen molar-refractivity contribution >= 4 is 17.6 Å². The minimum Gasteiger partial charge on any atom is -0.493 e. The number of nitrogens with two attached hydrogens (primary N) is 1. The fraction of sp³-hybridized carbons (Fsp3) is 0.333. The van der Waals surface area contributed by atoms with Crippen LogP contribution >= 0.6 is 0 Å². The molecule has 0 aliphatic carbocycles. The molecular weight excluding hydrogens is 306 g/mol. The molecule has 0 bridgehead atoms. The smallest absolute Gasteiger partial charge is 0.413 e. The molecule has 0 spiro atoms. The third-order valence-electron chi connectivity index (χ3n) is 2.94. The minimum atomic E-state index is -0.547. The summed E-state index contributed by atoms with van der Waals surface area (Å²) in [5.41, 5.74) is 6.60. The Balaban J connectivity index is 1.86. The van der Waals surface area contributed by atoms with Gasteiger partial charge in [0, 0.05) is 17.8 Å². The molecule has 1 amide bonds. The molecule has 0 aliphatic heterocycles. The van der Waals surface area contributed by atoms with Crippen molar-refractivity contribution in [2.24, 2.45) is 0 Å². The van der Waals surface area contributed by atoms with Crippen molar-refractivity contribution in [1.29, 1.82) is 0 Å².